The number of aromatic nitrogens is 1. The number of carbonyl (C=O) groups excluding carboxylic acids is 1. The van der Waals surface area contributed by atoms with Crippen molar-refractivity contribution in [3.05, 3.63) is 52.9 Å². The maximum absolute atomic E-state index is 12.4. The molecular formula is C16H20N2O2. The Labute approximate surface area is 119 Å². The van der Waals surface area contributed by atoms with Gasteiger partial charge in [0.1, 0.15) is 11.3 Å². The van der Waals surface area contributed by atoms with E-state index in [0.717, 1.165) is 12.0 Å². The molecule has 1 N–H and O–H groups in total. The third kappa shape index (κ3) is 2.90. The van der Waals surface area contributed by atoms with Gasteiger partial charge in [0, 0.05) is 0 Å². The lowest BCUT2D eigenvalue weighted by Gasteiger charge is -2.17. The molecule has 0 saturated heterocycles. The summed E-state index contributed by atoms with van der Waals surface area (Å²) < 4.78 is 5.12. The predicted octanol–water partition coefficient (Wildman–Crippen LogP) is 3.43. The summed E-state index contributed by atoms with van der Waals surface area (Å²) in [6.45, 7) is 5.78. The third-order valence-electron chi connectivity index (χ3n) is 3.41. The zero-order valence-corrected chi connectivity index (χ0v) is 12.1. The van der Waals surface area contributed by atoms with Gasteiger partial charge in [0.25, 0.3) is 5.91 Å². The number of carbonyl (C=O) groups is 1. The van der Waals surface area contributed by atoms with Crippen LogP contribution >= 0.6 is 0 Å². The van der Waals surface area contributed by atoms with Gasteiger partial charge >= 0.3 is 0 Å². The van der Waals surface area contributed by atoms with E-state index in [1.165, 1.54) is 0 Å². The second-order valence-corrected chi connectivity index (χ2v) is 4.76. The van der Waals surface area contributed by atoms with Crippen molar-refractivity contribution in [2.75, 3.05) is 0 Å². The molecule has 1 heterocycles. The maximum atomic E-state index is 12.4. The van der Waals surface area contributed by atoms with E-state index in [1.807, 2.05) is 37.3 Å². The number of benzene rings is 1. The summed E-state index contributed by atoms with van der Waals surface area (Å²) >= 11 is 0. The van der Waals surface area contributed by atoms with Gasteiger partial charge in [-0.1, -0.05) is 49.3 Å². The minimum Gasteiger partial charge on any atom is -0.361 e. The first-order chi connectivity index (χ1) is 9.67. The zero-order valence-electron chi connectivity index (χ0n) is 12.1. The van der Waals surface area contributed by atoms with Gasteiger partial charge in [0.15, 0.2) is 0 Å². The van der Waals surface area contributed by atoms with Crippen LogP contribution in [0, 0.1) is 6.92 Å². The molecule has 20 heavy (non-hydrogen) atoms. The Morgan fingerprint density at radius 2 is 2.00 bits per heavy atom. The van der Waals surface area contributed by atoms with Crippen LogP contribution < -0.4 is 5.32 Å². The van der Waals surface area contributed by atoms with Crippen LogP contribution in [-0.4, -0.2) is 11.1 Å². The van der Waals surface area contributed by atoms with E-state index in [2.05, 4.69) is 17.4 Å². The number of nitrogens with zero attached hydrogens (tertiary/aromatic N) is 1. The molecule has 2 rings (SSSR count). The molecule has 0 bridgehead atoms. The number of hydrogen-bond donors (Lipinski definition) is 1. The molecule has 1 amide bonds. The quantitative estimate of drug-likeness (QED) is 0.907. The van der Waals surface area contributed by atoms with E-state index in [4.69, 9.17) is 4.52 Å². The highest BCUT2D eigenvalue weighted by Crippen LogP contribution is 2.19. The summed E-state index contributed by atoms with van der Waals surface area (Å²) in [6.07, 6.45) is 1.52. The van der Waals surface area contributed by atoms with Gasteiger partial charge in [-0.15, -0.1) is 0 Å². The number of hydrogen-bond acceptors (Lipinski definition) is 3. The van der Waals surface area contributed by atoms with Crippen molar-refractivity contribution in [3.63, 3.8) is 0 Å². The molecule has 106 valence electrons. The Kier molecular flexibility index (Phi) is 4.56. The standard InChI is InChI=1S/C16H20N2O2/c1-4-13(12-9-7-6-8-10-12)17-16(19)15-11(3)20-18-14(15)5-2/h6-10,13H,4-5H2,1-3H3,(H,17,19)/t13-/m1/s1. The summed E-state index contributed by atoms with van der Waals surface area (Å²) in [5.74, 6) is 0.457. The zero-order chi connectivity index (χ0) is 14.5. The number of aryl methyl sites for hydroxylation is 2. The molecule has 0 saturated carbocycles. The van der Waals surface area contributed by atoms with Crippen molar-refractivity contribution in [2.45, 2.75) is 39.7 Å². The molecule has 1 atom stereocenters. The first kappa shape index (κ1) is 14.3. The molecule has 1 aromatic carbocycles. The van der Waals surface area contributed by atoms with Crippen LogP contribution in [0.25, 0.3) is 0 Å². The van der Waals surface area contributed by atoms with Gasteiger partial charge in [-0.3, -0.25) is 4.79 Å². The Balaban J connectivity index is 2.20. The average Bonchev–Trinajstić information content (AvgIpc) is 2.86. The first-order valence-corrected chi connectivity index (χ1v) is 6.98. The highest BCUT2D eigenvalue weighted by Gasteiger charge is 2.21. The molecule has 0 aliphatic carbocycles. The van der Waals surface area contributed by atoms with Crippen LogP contribution in [0.2, 0.25) is 0 Å². The van der Waals surface area contributed by atoms with Crippen LogP contribution in [-0.2, 0) is 6.42 Å². The Morgan fingerprint density at radius 1 is 1.30 bits per heavy atom. The average molecular weight is 272 g/mol. The second-order valence-electron chi connectivity index (χ2n) is 4.76. The second kappa shape index (κ2) is 6.37. The van der Waals surface area contributed by atoms with Gasteiger partial charge in [0.2, 0.25) is 0 Å². The SMILES string of the molecule is CCc1noc(C)c1C(=O)N[C@H](CC)c1ccccc1. The molecule has 1 aromatic heterocycles. The molecule has 0 spiro atoms. The first-order valence-electron chi connectivity index (χ1n) is 6.98. The smallest absolute Gasteiger partial charge is 0.257 e. The van der Waals surface area contributed by atoms with Crippen molar-refractivity contribution in [2.24, 2.45) is 0 Å². The summed E-state index contributed by atoms with van der Waals surface area (Å²) in [4.78, 5) is 12.4. The highest BCUT2D eigenvalue weighted by atomic mass is 16.5. The highest BCUT2D eigenvalue weighted by molar-refractivity contribution is 5.96. The van der Waals surface area contributed by atoms with Crippen LogP contribution in [0.1, 0.15) is 53.7 Å². The van der Waals surface area contributed by atoms with Gasteiger partial charge in [0.05, 0.1) is 11.7 Å². The van der Waals surface area contributed by atoms with Gasteiger partial charge < -0.3 is 9.84 Å². The van der Waals surface area contributed by atoms with Gasteiger partial charge in [-0.2, -0.15) is 0 Å². The molecular weight excluding hydrogens is 252 g/mol. The van der Waals surface area contributed by atoms with E-state index in [1.54, 1.807) is 6.92 Å². The predicted molar refractivity (Wildman–Crippen MR) is 77.6 cm³/mol. The Hall–Kier alpha value is -2.10. The van der Waals surface area contributed by atoms with Crippen LogP contribution in [0.4, 0.5) is 0 Å². The molecule has 0 aliphatic rings. The summed E-state index contributed by atoms with van der Waals surface area (Å²) in [6, 6.07) is 9.98. The topological polar surface area (TPSA) is 55.1 Å². The van der Waals surface area contributed by atoms with E-state index >= 15 is 0 Å². The van der Waals surface area contributed by atoms with Crippen LogP contribution in [0.5, 0.6) is 0 Å². The van der Waals surface area contributed by atoms with E-state index in [-0.39, 0.29) is 11.9 Å². The molecule has 0 aliphatic heterocycles. The van der Waals surface area contributed by atoms with Crippen molar-refractivity contribution in [1.82, 2.24) is 10.5 Å². The van der Waals surface area contributed by atoms with E-state index in [9.17, 15) is 4.79 Å². The van der Waals surface area contributed by atoms with Crippen LogP contribution in [0.3, 0.4) is 0 Å². The maximum Gasteiger partial charge on any atom is 0.257 e. The fraction of sp³-hybridized carbons (Fsp3) is 0.375. The summed E-state index contributed by atoms with van der Waals surface area (Å²) in [5, 5.41) is 6.99. The van der Waals surface area contributed by atoms with Crippen molar-refractivity contribution in [3.8, 4) is 0 Å². The fourth-order valence-electron chi connectivity index (χ4n) is 2.29. The van der Waals surface area contributed by atoms with Crippen molar-refractivity contribution >= 4 is 5.91 Å². The normalized spacial score (nSPS) is 12.2. The van der Waals surface area contributed by atoms with E-state index in [0.29, 0.717) is 23.4 Å². The monoisotopic (exact) mass is 272 g/mol. The van der Waals surface area contributed by atoms with E-state index < -0.39 is 0 Å². The molecule has 4 heteroatoms. The minimum atomic E-state index is -0.115. The largest absolute Gasteiger partial charge is 0.361 e. The third-order valence-corrected chi connectivity index (χ3v) is 3.41. The Bertz CT molecular complexity index is 575. The lowest BCUT2D eigenvalue weighted by molar-refractivity contribution is 0.0933. The lowest BCUT2D eigenvalue weighted by Crippen LogP contribution is -2.29. The van der Waals surface area contributed by atoms with Gasteiger partial charge in [-0.25, -0.2) is 0 Å². The number of rotatable bonds is 5. The van der Waals surface area contributed by atoms with Crippen molar-refractivity contribution in [1.29, 1.82) is 0 Å². The summed E-state index contributed by atoms with van der Waals surface area (Å²) in [7, 11) is 0. The molecule has 2 aromatic rings. The number of nitrogens with one attached hydrogen (secondary N) is 1. The molecule has 4 nitrogen and oxygen atoms in total. The molecule has 0 fully saturated rings. The minimum absolute atomic E-state index is 0.00251. The summed E-state index contributed by atoms with van der Waals surface area (Å²) in [5.41, 5.74) is 2.39. The van der Waals surface area contributed by atoms with Gasteiger partial charge in [-0.05, 0) is 25.3 Å². The Morgan fingerprint density at radius 3 is 2.60 bits per heavy atom. The number of amides is 1. The van der Waals surface area contributed by atoms with Crippen LogP contribution in [0.15, 0.2) is 34.9 Å². The molecule has 0 radical (unpaired) electrons. The fourth-order valence-corrected chi connectivity index (χ4v) is 2.29. The molecule has 0 unspecified atom stereocenters. The van der Waals surface area contributed by atoms with Crippen molar-refractivity contribution < 1.29 is 9.32 Å². The lowest BCUT2D eigenvalue weighted by atomic mass is 10.0.